The van der Waals surface area contributed by atoms with Gasteiger partial charge in [-0.1, -0.05) is 0 Å². The van der Waals surface area contributed by atoms with E-state index in [-0.39, 0.29) is 12.4 Å². The minimum Gasteiger partial charge on any atom is -0.384 e. The second kappa shape index (κ2) is 5.06. The molecule has 84 valence electrons. The maximum absolute atomic E-state index is 11.7. The molecule has 6 heteroatoms. The van der Waals surface area contributed by atoms with Crippen molar-refractivity contribution in [2.75, 3.05) is 39.1 Å². The summed E-state index contributed by atoms with van der Waals surface area (Å²) in [5, 5.41) is 0. The molecule has 5 nitrogen and oxygen atoms in total. The average molecular weight is 222 g/mol. The summed E-state index contributed by atoms with van der Waals surface area (Å²) >= 11 is 0. The molecule has 1 aliphatic heterocycles. The minimum absolute atomic E-state index is 0.0702. The van der Waals surface area contributed by atoms with E-state index in [1.165, 1.54) is 11.4 Å². The normalized spacial score (nSPS) is 24.3. The second-order valence-corrected chi connectivity index (χ2v) is 5.65. The van der Waals surface area contributed by atoms with Crippen LogP contribution in [0.4, 0.5) is 0 Å². The molecule has 0 aromatic rings. The van der Waals surface area contributed by atoms with E-state index in [9.17, 15) is 8.42 Å². The van der Waals surface area contributed by atoms with Crippen molar-refractivity contribution in [1.82, 2.24) is 4.31 Å². The quantitative estimate of drug-likeness (QED) is 0.664. The Morgan fingerprint density at radius 3 is 2.79 bits per heavy atom. The van der Waals surface area contributed by atoms with E-state index in [1.54, 1.807) is 0 Å². The van der Waals surface area contributed by atoms with Crippen molar-refractivity contribution in [1.29, 1.82) is 0 Å². The molecule has 1 rings (SSSR count). The number of nitrogens with two attached hydrogens (primary N) is 1. The fourth-order valence-corrected chi connectivity index (χ4v) is 3.02. The lowest BCUT2D eigenvalue weighted by molar-refractivity contribution is 0.215. The van der Waals surface area contributed by atoms with Gasteiger partial charge in [0.2, 0.25) is 10.0 Å². The number of nitrogens with zero attached hydrogens (tertiary/aromatic N) is 1. The second-order valence-electron chi connectivity index (χ2n) is 3.56. The van der Waals surface area contributed by atoms with Crippen molar-refractivity contribution in [3.63, 3.8) is 0 Å². The predicted octanol–water partition coefficient (Wildman–Crippen LogP) is -0.757. The van der Waals surface area contributed by atoms with Crippen LogP contribution in [0, 0.1) is 5.92 Å². The van der Waals surface area contributed by atoms with Crippen LogP contribution < -0.4 is 5.73 Å². The molecule has 1 aliphatic rings. The molecule has 0 saturated carbocycles. The van der Waals surface area contributed by atoms with Crippen LogP contribution >= 0.6 is 0 Å². The van der Waals surface area contributed by atoms with Gasteiger partial charge in [-0.15, -0.1) is 0 Å². The van der Waals surface area contributed by atoms with Gasteiger partial charge in [0.25, 0.3) is 0 Å². The van der Waals surface area contributed by atoms with Crippen LogP contribution in [0.3, 0.4) is 0 Å². The van der Waals surface area contributed by atoms with E-state index in [1.807, 2.05) is 0 Å². The Kier molecular flexibility index (Phi) is 4.31. The zero-order valence-electron chi connectivity index (χ0n) is 8.48. The fourth-order valence-electron chi connectivity index (χ4n) is 1.56. The number of ether oxygens (including phenoxy) is 1. The van der Waals surface area contributed by atoms with E-state index in [2.05, 4.69) is 0 Å². The van der Waals surface area contributed by atoms with E-state index >= 15 is 0 Å². The molecule has 1 saturated heterocycles. The summed E-state index contributed by atoms with van der Waals surface area (Å²) in [5.74, 6) is 0.396. The third-order valence-corrected chi connectivity index (χ3v) is 4.32. The van der Waals surface area contributed by atoms with E-state index in [0.29, 0.717) is 25.6 Å². The van der Waals surface area contributed by atoms with Gasteiger partial charge < -0.3 is 10.5 Å². The highest BCUT2D eigenvalue weighted by molar-refractivity contribution is 7.89. The van der Waals surface area contributed by atoms with Crippen LogP contribution in [0.5, 0.6) is 0 Å². The van der Waals surface area contributed by atoms with Crippen molar-refractivity contribution in [3.05, 3.63) is 0 Å². The fraction of sp³-hybridized carbons (Fsp3) is 1.00. The molecule has 1 atom stereocenters. The Labute approximate surface area is 85.3 Å². The highest BCUT2D eigenvalue weighted by atomic mass is 32.2. The number of hydrogen-bond donors (Lipinski definition) is 1. The maximum atomic E-state index is 11.7. The standard InChI is InChI=1S/C8H18N2O3S/c1-13-4-5-14(11,12)10-3-2-8(6-9)7-10/h8H,2-7,9H2,1H3. The smallest absolute Gasteiger partial charge is 0.216 e. The lowest BCUT2D eigenvalue weighted by Gasteiger charge is -2.15. The summed E-state index contributed by atoms with van der Waals surface area (Å²) < 4.78 is 29.6. The molecule has 0 aromatic heterocycles. The van der Waals surface area contributed by atoms with E-state index in [4.69, 9.17) is 10.5 Å². The molecule has 0 bridgehead atoms. The lowest BCUT2D eigenvalue weighted by atomic mass is 10.1. The van der Waals surface area contributed by atoms with Crippen molar-refractivity contribution >= 4 is 10.0 Å². The highest BCUT2D eigenvalue weighted by Gasteiger charge is 2.29. The third kappa shape index (κ3) is 2.91. The van der Waals surface area contributed by atoms with Gasteiger partial charge in [-0.25, -0.2) is 12.7 Å². The number of sulfonamides is 1. The van der Waals surface area contributed by atoms with Gasteiger partial charge in [-0.3, -0.25) is 0 Å². The zero-order valence-corrected chi connectivity index (χ0v) is 9.29. The van der Waals surface area contributed by atoms with Crippen LogP contribution in [0.2, 0.25) is 0 Å². The monoisotopic (exact) mass is 222 g/mol. The van der Waals surface area contributed by atoms with Gasteiger partial charge in [-0.2, -0.15) is 0 Å². The summed E-state index contributed by atoms with van der Waals surface area (Å²) in [6.45, 7) is 2.00. The predicted molar refractivity (Wildman–Crippen MR) is 54.4 cm³/mol. The minimum atomic E-state index is -3.11. The summed E-state index contributed by atoms with van der Waals surface area (Å²) in [5.41, 5.74) is 5.49. The van der Waals surface area contributed by atoms with Crippen LogP contribution in [0.25, 0.3) is 0 Å². The van der Waals surface area contributed by atoms with Gasteiger partial charge in [0.05, 0.1) is 12.4 Å². The molecule has 0 aliphatic carbocycles. The first-order valence-corrected chi connectivity index (χ1v) is 6.38. The Hall–Kier alpha value is -0.170. The number of hydrogen-bond acceptors (Lipinski definition) is 4. The molecule has 0 spiro atoms. The first kappa shape index (κ1) is 11.9. The summed E-state index contributed by atoms with van der Waals surface area (Å²) in [6.07, 6.45) is 0.878. The number of rotatable bonds is 5. The summed E-state index contributed by atoms with van der Waals surface area (Å²) in [4.78, 5) is 0. The maximum Gasteiger partial charge on any atom is 0.216 e. The SMILES string of the molecule is COCCS(=O)(=O)N1CCC(CN)C1. The van der Waals surface area contributed by atoms with Gasteiger partial charge in [0.1, 0.15) is 0 Å². The third-order valence-electron chi connectivity index (χ3n) is 2.52. The van der Waals surface area contributed by atoms with Gasteiger partial charge in [-0.05, 0) is 18.9 Å². The molecule has 1 fully saturated rings. The first-order valence-electron chi connectivity index (χ1n) is 4.77. The number of methoxy groups -OCH3 is 1. The van der Waals surface area contributed by atoms with Crippen LogP contribution in [0.1, 0.15) is 6.42 Å². The largest absolute Gasteiger partial charge is 0.384 e. The lowest BCUT2D eigenvalue weighted by Crippen LogP contribution is -2.33. The molecule has 14 heavy (non-hydrogen) atoms. The molecule has 0 radical (unpaired) electrons. The summed E-state index contributed by atoms with van der Waals surface area (Å²) in [6, 6.07) is 0. The molecular formula is C8H18N2O3S. The first-order chi connectivity index (χ1) is 6.60. The Balaban J connectivity index is 2.49. The topological polar surface area (TPSA) is 72.6 Å². The van der Waals surface area contributed by atoms with Gasteiger partial charge >= 0.3 is 0 Å². The molecule has 2 N–H and O–H groups in total. The highest BCUT2D eigenvalue weighted by Crippen LogP contribution is 2.18. The van der Waals surface area contributed by atoms with Crippen LogP contribution in [0.15, 0.2) is 0 Å². The molecular weight excluding hydrogens is 204 g/mol. The van der Waals surface area contributed by atoms with Gasteiger partial charge in [0, 0.05) is 20.2 Å². The molecule has 0 amide bonds. The Morgan fingerprint density at radius 1 is 1.57 bits per heavy atom. The molecule has 1 heterocycles. The van der Waals surface area contributed by atoms with Crippen LogP contribution in [-0.4, -0.2) is 51.8 Å². The van der Waals surface area contributed by atoms with Gasteiger partial charge in [0.15, 0.2) is 0 Å². The van der Waals surface area contributed by atoms with Crippen molar-refractivity contribution in [2.24, 2.45) is 11.7 Å². The van der Waals surface area contributed by atoms with E-state index in [0.717, 1.165) is 6.42 Å². The zero-order chi connectivity index (χ0) is 10.6. The Bertz CT molecular complexity index is 266. The Morgan fingerprint density at radius 2 is 2.29 bits per heavy atom. The van der Waals surface area contributed by atoms with Crippen molar-refractivity contribution < 1.29 is 13.2 Å². The average Bonchev–Trinajstić information content (AvgIpc) is 2.63. The van der Waals surface area contributed by atoms with Crippen molar-refractivity contribution in [3.8, 4) is 0 Å². The molecule has 0 aromatic carbocycles. The molecule has 1 unspecified atom stereocenters. The van der Waals surface area contributed by atoms with E-state index < -0.39 is 10.0 Å². The van der Waals surface area contributed by atoms with Crippen molar-refractivity contribution in [2.45, 2.75) is 6.42 Å². The van der Waals surface area contributed by atoms with Crippen LogP contribution in [-0.2, 0) is 14.8 Å². The summed E-state index contributed by atoms with van der Waals surface area (Å²) in [7, 11) is -1.61.